The second-order valence-electron chi connectivity index (χ2n) is 14.5. The maximum Gasteiger partial charge on any atom is 0.333 e. The summed E-state index contributed by atoms with van der Waals surface area (Å²) in [6, 6.07) is 0. The molecule has 0 heterocycles. The van der Waals surface area contributed by atoms with Crippen LogP contribution in [0.4, 0.5) is 0 Å². The number of hydrogen-bond donors (Lipinski definition) is 3. The van der Waals surface area contributed by atoms with Crippen LogP contribution < -0.4 is 0 Å². The van der Waals surface area contributed by atoms with Crippen molar-refractivity contribution < 1.29 is 39.2 Å². The summed E-state index contributed by atoms with van der Waals surface area (Å²) in [5, 5.41) is 33.8. The first-order valence-electron chi connectivity index (χ1n) is 16.7. The van der Waals surface area contributed by atoms with Gasteiger partial charge in [0.2, 0.25) is 0 Å². The van der Waals surface area contributed by atoms with Gasteiger partial charge in [0.1, 0.15) is 11.7 Å². The molecule has 44 heavy (non-hydrogen) atoms. The van der Waals surface area contributed by atoms with Crippen LogP contribution in [0.25, 0.3) is 0 Å². The van der Waals surface area contributed by atoms with E-state index in [9.17, 15) is 29.7 Å². The van der Waals surface area contributed by atoms with Crippen LogP contribution in [0.1, 0.15) is 106 Å². The fourth-order valence-electron chi connectivity index (χ4n) is 9.15. The van der Waals surface area contributed by atoms with Crippen molar-refractivity contribution in [2.75, 3.05) is 13.2 Å². The van der Waals surface area contributed by atoms with Gasteiger partial charge < -0.3 is 24.8 Å². The lowest BCUT2D eigenvalue weighted by Crippen LogP contribution is -2.63. The summed E-state index contributed by atoms with van der Waals surface area (Å²) in [5.74, 6) is -3.60. The lowest BCUT2D eigenvalue weighted by Gasteiger charge is -2.55. The van der Waals surface area contributed by atoms with Gasteiger partial charge in [0.05, 0.1) is 13.2 Å². The van der Waals surface area contributed by atoms with Crippen molar-refractivity contribution in [3.8, 4) is 0 Å². The van der Waals surface area contributed by atoms with Crippen LogP contribution in [0.2, 0.25) is 0 Å². The number of hydrogen-bond acceptors (Lipinski definition) is 8. The molecule has 4 aliphatic rings. The average Bonchev–Trinajstić information content (AvgIpc) is 3.43. The number of unbranched alkanes of at least 4 members (excludes halogenated alkanes) is 6. The zero-order valence-corrected chi connectivity index (χ0v) is 27.8. The van der Waals surface area contributed by atoms with Crippen molar-refractivity contribution in [3.63, 3.8) is 0 Å². The normalized spacial score (nSPS) is 37.2. The highest BCUT2D eigenvalue weighted by atomic mass is 16.6. The third-order valence-corrected chi connectivity index (χ3v) is 11.8. The minimum Gasteiger partial charge on any atom is -0.454 e. The second kappa shape index (κ2) is 12.8. The molecule has 0 aliphatic heterocycles. The van der Waals surface area contributed by atoms with E-state index in [1.54, 1.807) is 32.9 Å². The summed E-state index contributed by atoms with van der Waals surface area (Å²) >= 11 is 0. The number of ketones is 1. The monoisotopic (exact) mass is 614 g/mol. The molecule has 0 spiro atoms. The molecule has 4 rings (SSSR count). The molecule has 0 amide bonds. The number of esters is 2. The largest absolute Gasteiger partial charge is 0.454 e. The molecular weight excluding hydrogens is 560 g/mol. The highest BCUT2D eigenvalue weighted by Gasteiger charge is 2.87. The van der Waals surface area contributed by atoms with Gasteiger partial charge in [-0.1, -0.05) is 84.4 Å². The molecule has 4 aliphatic carbocycles. The van der Waals surface area contributed by atoms with Crippen LogP contribution in [0.3, 0.4) is 0 Å². The third kappa shape index (κ3) is 5.23. The van der Waals surface area contributed by atoms with E-state index in [2.05, 4.69) is 6.92 Å². The van der Waals surface area contributed by atoms with E-state index < -0.39 is 70.2 Å². The Morgan fingerprint density at radius 1 is 1.07 bits per heavy atom. The first-order chi connectivity index (χ1) is 20.7. The first-order valence-corrected chi connectivity index (χ1v) is 16.7. The molecule has 0 radical (unpaired) electrons. The number of allylic oxidation sites excluding steroid dienone is 2. The van der Waals surface area contributed by atoms with Crippen molar-refractivity contribution in [2.45, 2.75) is 124 Å². The Balaban J connectivity index is 1.77. The van der Waals surface area contributed by atoms with E-state index in [-0.39, 0.29) is 25.4 Å². The van der Waals surface area contributed by atoms with Crippen LogP contribution in [0.15, 0.2) is 34.9 Å². The van der Waals surface area contributed by atoms with Gasteiger partial charge in [-0.2, -0.15) is 0 Å². The Labute approximate surface area is 263 Å². The van der Waals surface area contributed by atoms with Gasteiger partial charge in [0.25, 0.3) is 0 Å². The van der Waals surface area contributed by atoms with Gasteiger partial charge in [-0.25, -0.2) is 4.79 Å². The summed E-state index contributed by atoms with van der Waals surface area (Å²) < 4.78 is 12.8. The molecule has 2 saturated carbocycles. The van der Waals surface area contributed by atoms with Crippen molar-refractivity contribution >= 4 is 17.7 Å². The Morgan fingerprint density at radius 3 is 2.30 bits per heavy atom. The number of ether oxygens (including phenoxy) is 2. The Morgan fingerprint density at radius 2 is 1.70 bits per heavy atom. The topological polar surface area (TPSA) is 130 Å². The maximum atomic E-state index is 13.5. The van der Waals surface area contributed by atoms with E-state index in [1.165, 1.54) is 19.3 Å². The zero-order valence-electron chi connectivity index (χ0n) is 27.8. The molecule has 0 bridgehead atoms. The summed E-state index contributed by atoms with van der Waals surface area (Å²) in [5.41, 5.74) is -3.53. The Hall–Kier alpha value is -2.29. The van der Waals surface area contributed by atoms with Gasteiger partial charge in [0, 0.05) is 47.0 Å². The predicted octanol–water partition coefficient (Wildman–Crippen LogP) is 5.39. The van der Waals surface area contributed by atoms with Crippen LogP contribution in [0, 0.1) is 34.5 Å². The molecular formula is C36H54O8. The Bertz CT molecular complexity index is 1230. The van der Waals surface area contributed by atoms with Gasteiger partial charge in [-0.05, 0) is 44.3 Å². The molecule has 8 atom stereocenters. The molecule has 0 aromatic heterocycles. The molecule has 2 fully saturated rings. The molecule has 0 saturated heterocycles. The standard InChI is InChI=1S/C36H54O8/c1-8-10-11-12-13-14-15-16-28(39)44-36-29(33(36,6)7)26-18-25(20-37)19-35(42)27(17-23(4)30(35)40)34(26,21-38)24(5)31(36)43-32(41)22(3)9-2/h9,17-18,24,26-27,29,31,37-38,42H,8,10-16,19-21H2,1-7H3/b22-9+/t24-,26+,27?,29?,31-,34+,35-,36-/m1/s1. The molecule has 0 aromatic rings. The lowest BCUT2D eigenvalue weighted by atomic mass is 9.51. The molecule has 0 aromatic carbocycles. The highest BCUT2D eigenvalue weighted by molar-refractivity contribution is 6.04. The molecule has 2 unspecified atom stereocenters. The summed E-state index contributed by atoms with van der Waals surface area (Å²) in [4.78, 5) is 40.4. The van der Waals surface area contributed by atoms with E-state index >= 15 is 0 Å². The minimum absolute atomic E-state index is 0.0634. The van der Waals surface area contributed by atoms with Gasteiger partial charge in [-0.3, -0.25) is 9.59 Å². The number of carbonyl (C=O) groups is 3. The van der Waals surface area contributed by atoms with Crippen LogP contribution in [0.5, 0.6) is 0 Å². The first kappa shape index (κ1) is 34.6. The van der Waals surface area contributed by atoms with E-state index in [0.29, 0.717) is 23.1 Å². The van der Waals surface area contributed by atoms with E-state index in [0.717, 1.165) is 19.3 Å². The van der Waals surface area contributed by atoms with Crippen molar-refractivity contribution in [1.82, 2.24) is 0 Å². The van der Waals surface area contributed by atoms with Gasteiger partial charge >= 0.3 is 11.9 Å². The van der Waals surface area contributed by atoms with Gasteiger partial charge in [0.15, 0.2) is 11.4 Å². The minimum atomic E-state index is -1.86. The highest BCUT2D eigenvalue weighted by Crippen LogP contribution is 2.79. The number of carbonyl (C=O) groups excluding carboxylic acids is 3. The molecule has 246 valence electrons. The number of aliphatic hydroxyl groups excluding tert-OH is 2. The maximum absolute atomic E-state index is 13.5. The molecule has 8 heteroatoms. The number of Topliss-reactive ketones (excluding diaryl/α,β-unsaturated/α-hetero) is 1. The fraction of sp³-hybridized carbons (Fsp3) is 0.750. The summed E-state index contributed by atoms with van der Waals surface area (Å²) in [7, 11) is 0. The Kier molecular flexibility index (Phi) is 10.1. The molecule has 8 nitrogen and oxygen atoms in total. The summed E-state index contributed by atoms with van der Waals surface area (Å²) in [6.45, 7) is 12.4. The quantitative estimate of drug-likeness (QED) is 0.109. The van der Waals surface area contributed by atoms with E-state index in [1.807, 2.05) is 26.8 Å². The second-order valence-corrected chi connectivity index (χ2v) is 14.5. The zero-order chi connectivity index (χ0) is 32.7. The van der Waals surface area contributed by atoms with Crippen molar-refractivity contribution in [1.29, 1.82) is 0 Å². The SMILES string of the molecule is C/C=C(\C)C(=O)O[C@@H]1[C@@H](C)[C@]2(CO)C3C=C(C)C(=O)[C@@]3(O)CC(CO)=C[C@H]2C2C(C)(C)[C@@]21OC(=O)CCCCCCCCC. The average molecular weight is 615 g/mol. The van der Waals surface area contributed by atoms with E-state index in [4.69, 9.17) is 9.47 Å². The van der Waals surface area contributed by atoms with Gasteiger partial charge in [-0.15, -0.1) is 0 Å². The van der Waals surface area contributed by atoms with Crippen LogP contribution in [-0.2, 0) is 23.9 Å². The van der Waals surface area contributed by atoms with Crippen LogP contribution in [-0.4, -0.2) is 63.6 Å². The number of rotatable bonds is 13. The number of aliphatic hydroxyl groups is 3. The van der Waals surface area contributed by atoms with Crippen molar-refractivity contribution in [2.24, 2.45) is 34.5 Å². The lowest BCUT2D eigenvalue weighted by molar-refractivity contribution is -0.212. The smallest absolute Gasteiger partial charge is 0.333 e. The summed E-state index contributed by atoms with van der Waals surface area (Å²) in [6.07, 6.45) is 12.0. The van der Waals surface area contributed by atoms with Crippen molar-refractivity contribution in [3.05, 3.63) is 34.9 Å². The number of fused-ring (bicyclic) bond motifs is 5. The fourth-order valence-corrected chi connectivity index (χ4v) is 9.15. The molecule has 3 N–H and O–H groups in total. The van der Waals surface area contributed by atoms with Crippen LogP contribution >= 0.6 is 0 Å². The predicted molar refractivity (Wildman–Crippen MR) is 167 cm³/mol. The third-order valence-electron chi connectivity index (χ3n) is 11.8.